The fraction of sp³-hybridized carbons (Fsp3) is 0.143. The monoisotopic (exact) mass is 211 g/mol. The topological polar surface area (TPSA) is 30.7 Å². The van der Waals surface area contributed by atoms with Crippen LogP contribution in [0.5, 0.6) is 0 Å². The zero-order chi connectivity index (χ0) is 7.84. The molecule has 0 amide bonds. The summed E-state index contributed by atoms with van der Waals surface area (Å²) >= 11 is 3.37. The molecule has 0 aromatic carbocycles. The fourth-order valence-corrected chi connectivity index (χ4v) is 1.46. The number of fused-ring (bicyclic) bond motifs is 1. The predicted molar refractivity (Wildman–Crippen MR) is 46.2 cm³/mol. The van der Waals surface area contributed by atoms with E-state index in [9.17, 15) is 0 Å². The number of hydrogen-bond acceptors (Lipinski definition) is 2. The van der Waals surface area contributed by atoms with E-state index < -0.39 is 0 Å². The first-order valence-corrected chi connectivity index (χ1v) is 3.99. The quantitative estimate of drug-likeness (QED) is 0.665. The summed E-state index contributed by atoms with van der Waals surface area (Å²) in [6.45, 7) is 0. The number of aromatic nitrogens is 3. The van der Waals surface area contributed by atoms with E-state index in [2.05, 4.69) is 26.0 Å². The fourth-order valence-electron chi connectivity index (χ4n) is 1.03. The number of hydrogen-bond donors (Lipinski definition) is 0. The van der Waals surface area contributed by atoms with Gasteiger partial charge in [-0.25, -0.2) is 0 Å². The summed E-state index contributed by atoms with van der Waals surface area (Å²) in [7, 11) is 1.90. The Morgan fingerprint density at radius 2 is 2.27 bits per heavy atom. The van der Waals surface area contributed by atoms with Gasteiger partial charge in [0.2, 0.25) is 0 Å². The third-order valence-corrected chi connectivity index (χ3v) is 2.07. The van der Waals surface area contributed by atoms with Crippen molar-refractivity contribution in [3.8, 4) is 0 Å². The highest BCUT2D eigenvalue weighted by molar-refractivity contribution is 9.10. The number of rotatable bonds is 0. The molecule has 0 saturated carbocycles. The minimum absolute atomic E-state index is 0.940. The highest BCUT2D eigenvalue weighted by atomic mass is 79.9. The van der Waals surface area contributed by atoms with Gasteiger partial charge in [0, 0.05) is 31.0 Å². The lowest BCUT2D eigenvalue weighted by Crippen LogP contribution is -1.85. The second kappa shape index (κ2) is 2.30. The van der Waals surface area contributed by atoms with Gasteiger partial charge in [0.05, 0.1) is 4.47 Å². The van der Waals surface area contributed by atoms with Crippen LogP contribution in [0.25, 0.3) is 10.9 Å². The smallest absolute Gasteiger partial charge is 0.110 e. The average molecular weight is 212 g/mol. The van der Waals surface area contributed by atoms with Gasteiger partial charge in [0.25, 0.3) is 0 Å². The van der Waals surface area contributed by atoms with Gasteiger partial charge in [0.1, 0.15) is 5.52 Å². The van der Waals surface area contributed by atoms with Gasteiger partial charge in [0.15, 0.2) is 0 Å². The van der Waals surface area contributed by atoms with Crippen LogP contribution in [0.4, 0.5) is 0 Å². The van der Waals surface area contributed by atoms with Gasteiger partial charge in [-0.1, -0.05) is 0 Å². The molecule has 56 valence electrons. The molecule has 2 aromatic rings. The molecule has 0 atom stereocenters. The first kappa shape index (κ1) is 6.79. The average Bonchev–Trinajstić information content (AvgIpc) is 2.31. The van der Waals surface area contributed by atoms with Gasteiger partial charge in [-0.2, -0.15) is 5.10 Å². The van der Waals surface area contributed by atoms with Gasteiger partial charge >= 0.3 is 0 Å². The normalized spacial score (nSPS) is 10.7. The lowest BCUT2D eigenvalue weighted by Gasteiger charge is -1.87. The Bertz CT molecular complexity index is 393. The summed E-state index contributed by atoms with van der Waals surface area (Å²) in [6, 6.07) is 0. The van der Waals surface area contributed by atoms with Crippen molar-refractivity contribution in [1.82, 2.24) is 14.8 Å². The Morgan fingerprint density at radius 3 is 3.00 bits per heavy atom. The van der Waals surface area contributed by atoms with E-state index in [1.807, 2.05) is 13.2 Å². The van der Waals surface area contributed by atoms with E-state index in [1.165, 1.54) is 0 Å². The van der Waals surface area contributed by atoms with Crippen LogP contribution in [0.3, 0.4) is 0 Å². The second-order valence-electron chi connectivity index (χ2n) is 2.36. The molecule has 0 aliphatic heterocycles. The van der Waals surface area contributed by atoms with Crippen molar-refractivity contribution in [1.29, 1.82) is 0 Å². The molecule has 11 heavy (non-hydrogen) atoms. The van der Waals surface area contributed by atoms with Crippen molar-refractivity contribution in [3.05, 3.63) is 23.1 Å². The standard InChI is InChI=1S/C7H6BrN3/c1-11-4-5-2-9-3-6(8)7(5)10-11/h2-4H,1H3. The molecule has 0 unspecified atom stereocenters. The molecular weight excluding hydrogens is 206 g/mol. The molecule has 3 nitrogen and oxygen atoms in total. The van der Waals surface area contributed by atoms with E-state index in [4.69, 9.17) is 0 Å². The molecule has 0 saturated heterocycles. The Morgan fingerprint density at radius 1 is 1.45 bits per heavy atom. The Labute approximate surface area is 72.2 Å². The lowest BCUT2D eigenvalue weighted by molar-refractivity contribution is 0.779. The van der Waals surface area contributed by atoms with Crippen molar-refractivity contribution in [2.75, 3.05) is 0 Å². The summed E-state index contributed by atoms with van der Waals surface area (Å²) in [4.78, 5) is 4.03. The third kappa shape index (κ3) is 1.03. The van der Waals surface area contributed by atoms with E-state index in [1.54, 1.807) is 17.1 Å². The largest absolute Gasteiger partial charge is 0.274 e. The number of pyridine rings is 1. The number of aryl methyl sites for hydroxylation is 1. The van der Waals surface area contributed by atoms with Crippen LogP contribution in [0.2, 0.25) is 0 Å². The Hall–Kier alpha value is -0.900. The molecule has 0 spiro atoms. The van der Waals surface area contributed by atoms with Crippen LogP contribution < -0.4 is 0 Å². The molecule has 2 heterocycles. The van der Waals surface area contributed by atoms with Gasteiger partial charge in [-0.15, -0.1) is 0 Å². The maximum Gasteiger partial charge on any atom is 0.110 e. The van der Waals surface area contributed by atoms with E-state index in [0.717, 1.165) is 15.4 Å². The predicted octanol–water partition coefficient (Wildman–Crippen LogP) is 1.73. The van der Waals surface area contributed by atoms with Gasteiger partial charge < -0.3 is 0 Å². The molecule has 4 heteroatoms. The van der Waals surface area contributed by atoms with Crippen molar-refractivity contribution in [2.45, 2.75) is 0 Å². The van der Waals surface area contributed by atoms with Gasteiger partial charge in [-0.05, 0) is 15.9 Å². The highest BCUT2D eigenvalue weighted by Gasteiger charge is 2.01. The van der Waals surface area contributed by atoms with Crippen LogP contribution in [-0.2, 0) is 7.05 Å². The van der Waals surface area contributed by atoms with Crippen molar-refractivity contribution in [2.24, 2.45) is 7.05 Å². The first-order chi connectivity index (χ1) is 5.27. The minimum Gasteiger partial charge on any atom is -0.274 e. The zero-order valence-corrected chi connectivity index (χ0v) is 7.54. The molecule has 2 rings (SSSR count). The Balaban J connectivity index is 2.90. The molecule has 0 aliphatic carbocycles. The molecule has 0 fully saturated rings. The summed E-state index contributed by atoms with van der Waals surface area (Å²) in [6.07, 6.45) is 5.48. The third-order valence-electron chi connectivity index (χ3n) is 1.48. The van der Waals surface area contributed by atoms with Crippen LogP contribution in [0.15, 0.2) is 23.1 Å². The lowest BCUT2D eigenvalue weighted by atomic mass is 10.3. The summed E-state index contributed by atoms with van der Waals surface area (Å²) in [5, 5.41) is 5.30. The van der Waals surface area contributed by atoms with E-state index in [0.29, 0.717) is 0 Å². The molecule has 0 radical (unpaired) electrons. The van der Waals surface area contributed by atoms with Crippen LogP contribution in [0.1, 0.15) is 0 Å². The van der Waals surface area contributed by atoms with Crippen LogP contribution in [-0.4, -0.2) is 14.8 Å². The van der Waals surface area contributed by atoms with Gasteiger partial charge in [-0.3, -0.25) is 9.67 Å². The van der Waals surface area contributed by atoms with E-state index in [-0.39, 0.29) is 0 Å². The molecule has 0 N–H and O–H groups in total. The molecule has 0 bridgehead atoms. The SMILES string of the molecule is Cn1cc2cncc(Br)c2n1. The highest BCUT2D eigenvalue weighted by Crippen LogP contribution is 2.19. The van der Waals surface area contributed by atoms with Crippen LogP contribution >= 0.6 is 15.9 Å². The number of halogens is 1. The second-order valence-corrected chi connectivity index (χ2v) is 3.22. The zero-order valence-electron chi connectivity index (χ0n) is 5.95. The van der Waals surface area contributed by atoms with Crippen LogP contribution in [0, 0.1) is 0 Å². The molecule has 2 aromatic heterocycles. The summed E-state index contributed by atoms with van der Waals surface area (Å²) in [5.41, 5.74) is 0.961. The van der Waals surface area contributed by atoms with Crippen molar-refractivity contribution >= 4 is 26.8 Å². The molecular formula is C7H6BrN3. The maximum atomic E-state index is 4.24. The minimum atomic E-state index is 0.940. The maximum absolute atomic E-state index is 4.24. The van der Waals surface area contributed by atoms with E-state index >= 15 is 0 Å². The van der Waals surface area contributed by atoms with Crippen molar-refractivity contribution < 1.29 is 0 Å². The summed E-state index contributed by atoms with van der Waals surface area (Å²) < 4.78 is 2.72. The van der Waals surface area contributed by atoms with Crippen molar-refractivity contribution in [3.63, 3.8) is 0 Å². The summed E-state index contributed by atoms with van der Waals surface area (Å²) in [5.74, 6) is 0. The Kier molecular flexibility index (Phi) is 1.42. The molecule has 0 aliphatic rings. The first-order valence-electron chi connectivity index (χ1n) is 3.20. The number of nitrogens with zero attached hydrogens (tertiary/aromatic N) is 3.